The van der Waals surface area contributed by atoms with Crippen LogP contribution in [0.1, 0.15) is 5.69 Å². The van der Waals surface area contributed by atoms with Crippen molar-refractivity contribution in [3.8, 4) is 21.1 Å². The quantitative estimate of drug-likeness (QED) is 0.310. The van der Waals surface area contributed by atoms with Gasteiger partial charge in [0.1, 0.15) is 16.5 Å². The second kappa shape index (κ2) is 7.48. The summed E-state index contributed by atoms with van der Waals surface area (Å²) in [5.74, 6) is 0. The van der Waals surface area contributed by atoms with E-state index in [1.165, 1.54) is 17.7 Å². The predicted molar refractivity (Wildman–Crippen MR) is 114 cm³/mol. The third kappa shape index (κ3) is 3.32. The van der Waals surface area contributed by atoms with Crippen molar-refractivity contribution < 1.29 is 0 Å². The summed E-state index contributed by atoms with van der Waals surface area (Å²) in [6, 6.07) is 4.03. The molecule has 132 valence electrons. The number of halogens is 1. The number of allylic oxidation sites excluding steroid dienone is 2. The number of hydrogen-bond donors (Lipinski definition) is 0. The number of thiazole rings is 1. The average Bonchev–Trinajstić information content (AvgIpc) is 3.32. The second-order valence-electron chi connectivity index (χ2n) is 5.40. The van der Waals surface area contributed by atoms with Gasteiger partial charge in [-0.15, -0.1) is 22.7 Å². The Balaban J connectivity index is 1.93. The normalized spacial score (nSPS) is 11.7. The zero-order valence-corrected chi connectivity index (χ0v) is 16.4. The van der Waals surface area contributed by atoms with Crippen LogP contribution in [-0.4, -0.2) is 26.7 Å². The Morgan fingerprint density at radius 1 is 1.22 bits per heavy atom. The molecule has 0 aliphatic heterocycles. The Hall–Kier alpha value is -2.74. The van der Waals surface area contributed by atoms with Crippen LogP contribution in [0.2, 0.25) is 5.15 Å². The van der Waals surface area contributed by atoms with Gasteiger partial charge in [0.15, 0.2) is 0 Å². The summed E-state index contributed by atoms with van der Waals surface area (Å²) in [4.78, 5) is 22.2. The Bertz CT molecular complexity index is 1180. The smallest absolute Gasteiger partial charge is 0.150 e. The fourth-order valence-electron chi connectivity index (χ4n) is 2.58. The van der Waals surface area contributed by atoms with E-state index >= 15 is 0 Å². The Kier molecular flexibility index (Phi) is 4.89. The number of fused-ring (bicyclic) bond motifs is 1. The van der Waals surface area contributed by atoms with E-state index in [1.54, 1.807) is 35.9 Å². The highest BCUT2D eigenvalue weighted by atomic mass is 35.5. The SMILES string of the molecule is C=C/C=C(\N=C)c1cc2sccc2c(-c2sc(-c3cncnc3)nc2Cl)n1. The Morgan fingerprint density at radius 3 is 2.78 bits per heavy atom. The predicted octanol–water partition coefficient (Wildman–Crippen LogP) is 5.76. The van der Waals surface area contributed by atoms with Crippen LogP contribution in [0, 0.1) is 0 Å². The van der Waals surface area contributed by atoms with Crippen molar-refractivity contribution in [3.63, 3.8) is 0 Å². The molecule has 4 aromatic heterocycles. The van der Waals surface area contributed by atoms with Crippen molar-refractivity contribution in [1.29, 1.82) is 0 Å². The molecule has 0 fully saturated rings. The topological polar surface area (TPSA) is 63.9 Å². The first-order valence-electron chi connectivity index (χ1n) is 7.81. The lowest BCUT2D eigenvalue weighted by molar-refractivity contribution is 1.17. The number of nitrogens with zero attached hydrogens (tertiary/aromatic N) is 5. The van der Waals surface area contributed by atoms with E-state index in [2.05, 4.69) is 33.2 Å². The van der Waals surface area contributed by atoms with Gasteiger partial charge in [0.2, 0.25) is 0 Å². The van der Waals surface area contributed by atoms with Crippen molar-refractivity contribution in [3.05, 3.63) is 65.8 Å². The second-order valence-corrected chi connectivity index (χ2v) is 7.71. The van der Waals surface area contributed by atoms with Gasteiger partial charge in [-0.2, -0.15) is 0 Å². The largest absolute Gasteiger partial charge is 0.262 e. The van der Waals surface area contributed by atoms with E-state index in [4.69, 9.17) is 16.6 Å². The van der Waals surface area contributed by atoms with Crippen LogP contribution in [0.5, 0.6) is 0 Å². The summed E-state index contributed by atoms with van der Waals surface area (Å²) in [5, 5.41) is 4.19. The molecule has 0 bridgehead atoms. The van der Waals surface area contributed by atoms with Crippen molar-refractivity contribution in [2.24, 2.45) is 4.99 Å². The first-order chi connectivity index (χ1) is 13.2. The summed E-state index contributed by atoms with van der Waals surface area (Å²) in [6.07, 6.45) is 8.34. The molecule has 4 aromatic rings. The van der Waals surface area contributed by atoms with Crippen molar-refractivity contribution >= 4 is 56.8 Å². The van der Waals surface area contributed by atoms with Gasteiger partial charge in [-0.05, 0) is 30.3 Å². The molecule has 0 radical (unpaired) electrons. The van der Waals surface area contributed by atoms with Gasteiger partial charge in [0.25, 0.3) is 0 Å². The van der Waals surface area contributed by atoms with Crippen LogP contribution in [0.3, 0.4) is 0 Å². The van der Waals surface area contributed by atoms with Crippen LogP contribution >= 0.6 is 34.3 Å². The van der Waals surface area contributed by atoms with Gasteiger partial charge in [-0.25, -0.2) is 19.9 Å². The molecule has 4 heterocycles. The van der Waals surface area contributed by atoms with Gasteiger partial charge in [0.05, 0.1) is 22.0 Å². The standard InChI is InChI=1S/C19H12ClN5S2/c1-3-4-13(21-2)14-7-15-12(5-6-26-15)16(24-14)17-18(20)25-19(27-17)11-8-22-10-23-9-11/h3-10H,1-2H2/b13-4-. The lowest BCUT2D eigenvalue weighted by Gasteiger charge is -2.06. The molecule has 0 spiro atoms. The van der Waals surface area contributed by atoms with Crippen LogP contribution in [0.15, 0.2) is 60.0 Å². The van der Waals surface area contributed by atoms with Crippen LogP contribution in [0.25, 0.3) is 36.9 Å². The lowest BCUT2D eigenvalue weighted by atomic mass is 10.1. The van der Waals surface area contributed by atoms with Crippen LogP contribution < -0.4 is 0 Å². The highest BCUT2D eigenvalue weighted by molar-refractivity contribution is 7.19. The number of aromatic nitrogens is 4. The van der Waals surface area contributed by atoms with Crippen LogP contribution in [0.4, 0.5) is 0 Å². The molecule has 0 N–H and O–H groups in total. The van der Waals surface area contributed by atoms with Gasteiger partial charge in [-0.3, -0.25) is 4.99 Å². The van der Waals surface area contributed by atoms with Crippen molar-refractivity contribution in [2.45, 2.75) is 0 Å². The number of hydrogen-bond acceptors (Lipinski definition) is 7. The molecule has 4 rings (SSSR count). The Labute approximate surface area is 168 Å². The molecule has 0 unspecified atom stereocenters. The molecular formula is C19H12ClN5S2. The zero-order valence-electron chi connectivity index (χ0n) is 14.0. The molecule has 0 aliphatic carbocycles. The zero-order chi connectivity index (χ0) is 18.8. The lowest BCUT2D eigenvalue weighted by Crippen LogP contribution is -1.91. The highest BCUT2D eigenvalue weighted by Crippen LogP contribution is 2.41. The maximum absolute atomic E-state index is 6.48. The number of rotatable bonds is 5. The minimum atomic E-state index is 0.400. The summed E-state index contributed by atoms with van der Waals surface area (Å²) < 4.78 is 1.09. The number of thiophene rings is 1. The van der Waals surface area contributed by atoms with Crippen molar-refractivity contribution in [2.75, 3.05) is 0 Å². The molecule has 0 amide bonds. The number of pyridine rings is 1. The average molecular weight is 410 g/mol. The minimum absolute atomic E-state index is 0.400. The molecule has 8 heteroatoms. The maximum Gasteiger partial charge on any atom is 0.150 e. The first kappa shape index (κ1) is 17.7. The third-order valence-corrected chi connectivity index (χ3v) is 6.13. The molecule has 0 saturated heterocycles. The summed E-state index contributed by atoms with van der Waals surface area (Å²) >= 11 is 9.57. The maximum atomic E-state index is 6.48. The highest BCUT2D eigenvalue weighted by Gasteiger charge is 2.19. The Morgan fingerprint density at radius 2 is 2.04 bits per heavy atom. The summed E-state index contributed by atoms with van der Waals surface area (Å²) in [7, 11) is 0. The molecule has 0 atom stereocenters. The number of aliphatic imine (C=N–C) groups is 1. The molecule has 0 aromatic carbocycles. The van der Waals surface area contributed by atoms with Crippen molar-refractivity contribution in [1.82, 2.24) is 19.9 Å². The monoisotopic (exact) mass is 409 g/mol. The van der Waals surface area contributed by atoms with E-state index in [1.807, 2.05) is 17.5 Å². The van der Waals surface area contributed by atoms with Crippen LogP contribution in [-0.2, 0) is 0 Å². The third-order valence-electron chi connectivity index (χ3n) is 3.77. The van der Waals surface area contributed by atoms with Gasteiger partial charge >= 0.3 is 0 Å². The molecular weight excluding hydrogens is 398 g/mol. The molecule has 5 nitrogen and oxygen atoms in total. The van der Waals surface area contributed by atoms with E-state index in [9.17, 15) is 0 Å². The van der Waals surface area contributed by atoms with E-state index in [-0.39, 0.29) is 0 Å². The fourth-order valence-corrected chi connectivity index (χ4v) is 4.68. The molecule has 27 heavy (non-hydrogen) atoms. The fraction of sp³-hybridized carbons (Fsp3) is 0. The summed E-state index contributed by atoms with van der Waals surface area (Å²) in [5.41, 5.74) is 2.95. The van der Waals surface area contributed by atoms with E-state index in [0.29, 0.717) is 16.5 Å². The minimum Gasteiger partial charge on any atom is -0.262 e. The van der Waals surface area contributed by atoms with E-state index < -0.39 is 0 Å². The van der Waals surface area contributed by atoms with E-state index in [0.717, 1.165) is 31.2 Å². The van der Waals surface area contributed by atoms with Gasteiger partial charge in [0, 0.05) is 28.0 Å². The van der Waals surface area contributed by atoms with Gasteiger partial charge in [-0.1, -0.05) is 24.3 Å². The van der Waals surface area contributed by atoms with Gasteiger partial charge < -0.3 is 0 Å². The summed E-state index contributed by atoms with van der Waals surface area (Å²) in [6.45, 7) is 7.36. The molecule has 0 aliphatic rings. The molecule has 0 saturated carbocycles. The first-order valence-corrected chi connectivity index (χ1v) is 9.89.